The summed E-state index contributed by atoms with van der Waals surface area (Å²) in [7, 11) is 4.25. The zero-order valence-electron chi connectivity index (χ0n) is 12.5. The quantitative estimate of drug-likeness (QED) is 0.808. The number of nitrogens with one attached hydrogen (secondary N) is 1. The van der Waals surface area contributed by atoms with Gasteiger partial charge in [-0.1, -0.05) is 0 Å². The van der Waals surface area contributed by atoms with Gasteiger partial charge in [0.25, 0.3) is 0 Å². The third-order valence-electron chi connectivity index (χ3n) is 4.11. The van der Waals surface area contributed by atoms with Gasteiger partial charge < -0.3 is 15.0 Å². The van der Waals surface area contributed by atoms with Crippen LogP contribution in [0.5, 0.6) is 0 Å². The van der Waals surface area contributed by atoms with Gasteiger partial charge in [-0.2, -0.15) is 0 Å². The Hall–Kier alpha value is -1.62. The molecule has 1 aliphatic rings. The molecule has 1 heterocycles. The van der Waals surface area contributed by atoms with Crippen molar-refractivity contribution in [1.82, 2.24) is 9.88 Å². The van der Waals surface area contributed by atoms with Crippen molar-refractivity contribution in [2.45, 2.75) is 31.7 Å². The van der Waals surface area contributed by atoms with E-state index in [1.807, 2.05) is 6.07 Å². The van der Waals surface area contributed by atoms with Crippen LogP contribution in [-0.4, -0.2) is 48.6 Å². The molecular formula is C15H23N3O2. The number of hydrogen-bond donors (Lipinski definition) is 1. The molecule has 1 fully saturated rings. The maximum atomic E-state index is 11.5. The number of aromatic nitrogens is 1. The molecule has 1 N–H and O–H groups in total. The summed E-state index contributed by atoms with van der Waals surface area (Å²) in [5.41, 5.74) is 0.741. The number of ether oxygens (including phenoxy) is 1. The molecule has 1 saturated carbocycles. The number of carbonyl (C=O) groups is 1. The van der Waals surface area contributed by atoms with Gasteiger partial charge in [-0.3, -0.25) is 0 Å². The molecular weight excluding hydrogens is 254 g/mol. The highest BCUT2D eigenvalue weighted by Gasteiger charge is 2.38. The summed E-state index contributed by atoms with van der Waals surface area (Å²) < 4.78 is 4.93. The summed E-state index contributed by atoms with van der Waals surface area (Å²) >= 11 is 0. The largest absolute Gasteiger partial charge is 0.462 e. The zero-order valence-corrected chi connectivity index (χ0v) is 12.5. The number of nitrogens with zero attached hydrogens (tertiary/aromatic N) is 2. The van der Waals surface area contributed by atoms with Gasteiger partial charge >= 0.3 is 5.97 Å². The lowest BCUT2D eigenvalue weighted by Gasteiger charge is -2.47. The van der Waals surface area contributed by atoms with E-state index in [0.29, 0.717) is 12.2 Å². The maximum absolute atomic E-state index is 11.5. The molecule has 5 heteroatoms. The molecule has 5 nitrogen and oxygen atoms in total. The maximum Gasteiger partial charge on any atom is 0.339 e. The van der Waals surface area contributed by atoms with E-state index in [4.69, 9.17) is 4.74 Å². The van der Waals surface area contributed by atoms with Gasteiger partial charge in [0.2, 0.25) is 0 Å². The predicted octanol–water partition coefficient (Wildman–Crippen LogP) is 2.15. The minimum Gasteiger partial charge on any atom is -0.462 e. The first-order valence-electron chi connectivity index (χ1n) is 7.12. The van der Waals surface area contributed by atoms with E-state index in [2.05, 4.69) is 29.3 Å². The Morgan fingerprint density at radius 1 is 1.45 bits per heavy atom. The average molecular weight is 277 g/mol. The minimum absolute atomic E-state index is 0.251. The molecule has 0 radical (unpaired) electrons. The normalized spacial score (nSPS) is 16.6. The molecule has 110 valence electrons. The monoisotopic (exact) mass is 277 g/mol. The van der Waals surface area contributed by atoms with Crippen LogP contribution in [0.1, 0.15) is 36.5 Å². The lowest BCUT2D eigenvalue weighted by molar-refractivity contribution is 0.0526. The second-order valence-corrected chi connectivity index (χ2v) is 5.48. The number of carbonyl (C=O) groups excluding carboxylic acids is 1. The molecule has 0 saturated heterocycles. The molecule has 20 heavy (non-hydrogen) atoms. The number of likely N-dealkylation sites (N-methyl/N-ethyl adjacent to an activating group) is 1. The first kappa shape index (κ1) is 14.8. The Morgan fingerprint density at radius 2 is 2.20 bits per heavy atom. The summed E-state index contributed by atoms with van der Waals surface area (Å²) in [6.45, 7) is 3.05. The van der Waals surface area contributed by atoms with Gasteiger partial charge in [0, 0.05) is 18.3 Å². The van der Waals surface area contributed by atoms with Gasteiger partial charge in [0.05, 0.1) is 12.2 Å². The molecule has 0 unspecified atom stereocenters. The van der Waals surface area contributed by atoms with E-state index in [1.54, 1.807) is 19.2 Å². The smallest absolute Gasteiger partial charge is 0.339 e. The lowest BCUT2D eigenvalue weighted by atomic mass is 9.75. The topological polar surface area (TPSA) is 54.5 Å². The Bertz CT molecular complexity index is 453. The molecule has 1 aromatic rings. The molecule has 0 aliphatic heterocycles. The first-order valence-corrected chi connectivity index (χ1v) is 7.12. The highest BCUT2D eigenvalue weighted by atomic mass is 16.5. The van der Waals surface area contributed by atoms with E-state index >= 15 is 0 Å². The van der Waals surface area contributed by atoms with Gasteiger partial charge in [0.1, 0.15) is 5.82 Å². The number of rotatable bonds is 6. The van der Waals surface area contributed by atoms with Gasteiger partial charge in [-0.15, -0.1) is 0 Å². The number of anilines is 1. The van der Waals surface area contributed by atoms with Gasteiger partial charge in [0.15, 0.2) is 0 Å². The molecule has 0 aromatic carbocycles. The van der Waals surface area contributed by atoms with Crippen LogP contribution in [0.3, 0.4) is 0 Å². The van der Waals surface area contributed by atoms with Crippen molar-refractivity contribution in [2.75, 3.05) is 32.6 Å². The minimum atomic E-state index is -0.324. The van der Waals surface area contributed by atoms with Crippen molar-refractivity contribution in [2.24, 2.45) is 0 Å². The van der Waals surface area contributed by atoms with Crippen molar-refractivity contribution in [3.05, 3.63) is 23.9 Å². The number of hydrogen-bond acceptors (Lipinski definition) is 5. The highest BCUT2D eigenvalue weighted by Crippen LogP contribution is 2.36. The molecule has 1 aliphatic carbocycles. The molecule has 2 rings (SSSR count). The van der Waals surface area contributed by atoms with Gasteiger partial charge in [-0.25, -0.2) is 9.78 Å². The van der Waals surface area contributed by atoms with E-state index < -0.39 is 0 Å². The van der Waals surface area contributed by atoms with Crippen LogP contribution in [0.15, 0.2) is 18.3 Å². The summed E-state index contributed by atoms with van der Waals surface area (Å²) in [6.07, 6.45) is 5.28. The summed E-state index contributed by atoms with van der Waals surface area (Å²) in [6, 6.07) is 3.57. The zero-order chi connectivity index (χ0) is 14.6. The Balaban J connectivity index is 1.92. The summed E-state index contributed by atoms with van der Waals surface area (Å²) in [5, 5.41) is 3.36. The predicted molar refractivity (Wildman–Crippen MR) is 79.0 cm³/mol. The Morgan fingerprint density at radius 3 is 2.65 bits per heavy atom. The fourth-order valence-electron chi connectivity index (χ4n) is 2.46. The van der Waals surface area contributed by atoms with Crippen molar-refractivity contribution >= 4 is 11.8 Å². The highest BCUT2D eigenvalue weighted by molar-refractivity contribution is 5.89. The lowest BCUT2D eigenvalue weighted by Crippen LogP contribution is -2.54. The fraction of sp³-hybridized carbons (Fsp3) is 0.600. The Kier molecular flexibility index (Phi) is 4.60. The second kappa shape index (κ2) is 6.22. The average Bonchev–Trinajstić information content (AvgIpc) is 2.38. The third-order valence-corrected chi connectivity index (χ3v) is 4.11. The van der Waals surface area contributed by atoms with Crippen LogP contribution >= 0.6 is 0 Å². The molecule has 0 atom stereocenters. The SMILES string of the molecule is CCOC(=O)c1ccc(NCC2(N(C)C)CCC2)nc1. The van der Waals surface area contributed by atoms with E-state index in [9.17, 15) is 4.79 Å². The van der Waals surface area contributed by atoms with Crippen molar-refractivity contribution in [3.8, 4) is 0 Å². The first-order chi connectivity index (χ1) is 9.57. The van der Waals surface area contributed by atoms with Gasteiger partial charge in [-0.05, 0) is 52.4 Å². The molecule has 1 aromatic heterocycles. The third kappa shape index (κ3) is 3.10. The Labute approximate surface area is 120 Å². The second-order valence-electron chi connectivity index (χ2n) is 5.48. The number of pyridine rings is 1. The summed E-state index contributed by atoms with van der Waals surface area (Å²) in [4.78, 5) is 18.1. The number of esters is 1. The van der Waals surface area contributed by atoms with Crippen LogP contribution < -0.4 is 5.32 Å². The van der Waals surface area contributed by atoms with Crippen LogP contribution in [0.2, 0.25) is 0 Å². The van der Waals surface area contributed by atoms with Crippen molar-refractivity contribution in [1.29, 1.82) is 0 Å². The van der Waals surface area contributed by atoms with E-state index in [-0.39, 0.29) is 11.5 Å². The van der Waals surface area contributed by atoms with E-state index in [0.717, 1.165) is 12.4 Å². The van der Waals surface area contributed by atoms with Crippen molar-refractivity contribution < 1.29 is 9.53 Å². The van der Waals surface area contributed by atoms with Crippen LogP contribution in [0.4, 0.5) is 5.82 Å². The van der Waals surface area contributed by atoms with Crippen LogP contribution in [-0.2, 0) is 4.74 Å². The standard InChI is InChI=1S/C15H23N3O2/c1-4-20-14(19)12-6-7-13(16-10-12)17-11-15(18(2)3)8-5-9-15/h6-7,10H,4-5,8-9,11H2,1-3H3,(H,16,17). The molecule has 0 spiro atoms. The van der Waals surface area contributed by atoms with Crippen molar-refractivity contribution in [3.63, 3.8) is 0 Å². The van der Waals surface area contributed by atoms with Crippen LogP contribution in [0, 0.1) is 0 Å². The summed E-state index contributed by atoms with van der Waals surface area (Å²) in [5.74, 6) is 0.474. The molecule has 0 amide bonds. The molecule has 0 bridgehead atoms. The van der Waals surface area contributed by atoms with Crippen LogP contribution in [0.25, 0.3) is 0 Å². The fourth-order valence-corrected chi connectivity index (χ4v) is 2.46. The van der Waals surface area contributed by atoms with E-state index in [1.165, 1.54) is 19.3 Å².